The van der Waals surface area contributed by atoms with Gasteiger partial charge in [0.15, 0.2) is 0 Å². The molecular weight excluding hydrogens is 264 g/mol. The molecule has 0 spiro atoms. The first-order valence-electron chi connectivity index (χ1n) is 7.22. The van der Waals surface area contributed by atoms with E-state index in [1.165, 1.54) is 11.1 Å². The van der Waals surface area contributed by atoms with Crippen LogP contribution in [0, 0.1) is 0 Å². The maximum atomic E-state index is 10.8. The molecule has 0 fully saturated rings. The number of rotatable bonds is 4. The van der Waals surface area contributed by atoms with Crippen LogP contribution in [0.25, 0.3) is 0 Å². The molecule has 0 saturated carbocycles. The zero-order valence-corrected chi connectivity index (χ0v) is 12.4. The van der Waals surface area contributed by atoms with Crippen molar-refractivity contribution in [2.24, 2.45) is 0 Å². The van der Waals surface area contributed by atoms with Crippen molar-refractivity contribution in [3.05, 3.63) is 59.2 Å². The van der Waals surface area contributed by atoms with Gasteiger partial charge in [-0.05, 0) is 36.1 Å². The van der Waals surface area contributed by atoms with Crippen molar-refractivity contribution in [1.82, 2.24) is 0 Å². The number of benzene rings is 2. The van der Waals surface area contributed by atoms with Crippen molar-refractivity contribution in [1.29, 1.82) is 0 Å². The van der Waals surface area contributed by atoms with Gasteiger partial charge < -0.3 is 14.6 Å². The second-order valence-electron chi connectivity index (χ2n) is 5.40. The quantitative estimate of drug-likeness (QED) is 0.934. The minimum atomic E-state index is -0.561. The highest BCUT2D eigenvalue weighted by Gasteiger charge is 2.30. The summed E-state index contributed by atoms with van der Waals surface area (Å²) in [5.41, 5.74) is 3.41. The first kappa shape index (κ1) is 14.0. The van der Waals surface area contributed by atoms with Crippen LogP contribution in [0.2, 0.25) is 0 Å². The second-order valence-corrected chi connectivity index (χ2v) is 5.40. The Bertz CT molecular complexity index is 636. The van der Waals surface area contributed by atoms with Crippen molar-refractivity contribution in [3.63, 3.8) is 0 Å². The summed E-state index contributed by atoms with van der Waals surface area (Å²) in [5, 5.41) is 10.8. The molecule has 3 nitrogen and oxygen atoms in total. The number of hydrogen-bond donors (Lipinski definition) is 1. The van der Waals surface area contributed by atoms with E-state index in [2.05, 4.69) is 18.2 Å². The van der Waals surface area contributed by atoms with Crippen LogP contribution in [0.1, 0.15) is 35.1 Å². The Kier molecular flexibility index (Phi) is 3.84. The molecule has 0 amide bonds. The molecular formula is C18H20O3. The van der Waals surface area contributed by atoms with Crippen LogP contribution >= 0.6 is 0 Å². The largest absolute Gasteiger partial charge is 0.497 e. The highest BCUT2D eigenvalue weighted by Crippen LogP contribution is 2.44. The third-order valence-electron chi connectivity index (χ3n) is 4.32. The van der Waals surface area contributed by atoms with Gasteiger partial charge in [0.05, 0.1) is 20.3 Å². The lowest BCUT2D eigenvalue weighted by molar-refractivity contribution is 0.141. The number of aliphatic hydroxyl groups excluding tert-OH is 1. The third-order valence-corrected chi connectivity index (χ3v) is 4.32. The number of hydrogen-bond acceptors (Lipinski definition) is 3. The highest BCUT2D eigenvalue weighted by atomic mass is 16.5. The smallest absolute Gasteiger partial charge is 0.128 e. The summed E-state index contributed by atoms with van der Waals surface area (Å²) in [6.45, 7) is 0. The summed E-state index contributed by atoms with van der Waals surface area (Å²) in [7, 11) is 3.24. The van der Waals surface area contributed by atoms with Crippen molar-refractivity contribution in [3.8, 4) is 11.5 Å². The number of fused-ring (bicyclic) bond motifs is 1. The molecule has 110 valence electrons. The summed E-state index contributed by atoms with van der Waals surface area (Å²) in [6, 6.07) is 13.9. The lowest BCUT2D eigenvalue weighted by Crippen LogP contribution is -2.09. The Morgan fingerprint density at radius 1 is 1.10 bits per heavy atom. The van der Waals surface area contributed by atoms with Gasteiger partial charge in [0.2, 0.25) is 0 Å². The van der Waals surface area contributed by atoms with Crippen LogP contribution in [0.4, 0.5) is 0 Å². The Balaban J connectivity index is 1.94. The molecule has 2 unspecified atom stereocenters. The monoisotopic (exact) mass is 284 g/mol. The average molecular weight is 284 g/mol. The van der Waals surface area contributed by atoms with Crippen LogP contribution in [-0.4, -0.2) is 19.3 Å². The molecule has 0 bridgehead atoms. The lowest BCUT2D eigenvalue weighted by Gasteiger charge is -2.22. The van der Waals surface area contributed by atoms with Gasteiger partial charge in [0.25, 0.3) is 0 Å². The molecule has 0 aromatic heterocycles. The van der Waals surface area contributed by atoms with Gasteiger partial charge in [-0.15, -0.1) is 0 Å². The van der Waals surface area contributed by atoms with Crippen molar-refractivity contribution in [2.75, 3.05) is 14.2 Å². The fraction of sp³-hybridized carbons (Fsp3) is 0.333. The Hall–Kier alpha value is -2.00. The van der Waals surface area contributed by atoms with Gasteiger partial charge in [-0.2, -0.15) is 0 Å². The molecule has 3 heteroatoms. The molecule has 1 N–H and O–H groups in total. The predicted octanol–water partition coefficient (Wildman–Crippen LogP) is 3.47. The highest BCUT2D eigenvalue weighted by molar-refractivity contribution is 5.45. The SMILES string of the molecule is COc1ccc(C(O)C2CCc3ccccc32)c(OC)c1. The molecule has 0 heterocycles. The van der Waals surface area contributed by atoms with Gasteiger partial charge in [-0.25, -0.2) is 0 Å². The predicted molar refractivity (Wildman–Crippen MR) is 82.0 cm³/mol. The Labute approximate surface area is 125 Å². The van der Waals surface area contributed by atoms with E-state index >= 15 is 0 Å². The first-order chi connectivity index (χ1) is 10.2. The van der Waals surface area contributed by atoms with Gasteiger partial charge >= 0.3 is 0 Å². The Morgan fingerprint density at radius 3 is 2.67 bits per heavy atom. The maximum Gasteiger partial charge on any atom is 0.128 e. The number of aryl methyl sites for hydroxylation is 1. The number of ether oxygens (including phenoxy) is 2. The molecule has 2 aromatic carbocycles. The summed E-state index contributed by atoms with van der Waals surface area (Å²) in [6.07, 6.45) is 1.43. The van der Waals surface area contributed by atoms with Gasteiger partial charge in [-0.1, -0.05) is 24.3 Å². The van der Waals surface area contributed by atoms with Crippen LogP contribution in [0.3, 0.4) is 0 Å². The van der Waals surface area contributed by atoms with E-state index in [9.17, 15) is 5.11 Å². The summed E-state index contributed by atoms with van der Waals surface area (Å²) in [4.78, 5) is 0. The topological polar surface area (TPSA) is 38.7 Å². The molecule has 0 saturated heterocycles. The minimum Gasteiger partial charge on any atom is -0.497 e. The van der Waals surface area contributed by atoms with E-state index < -0.39 is 6.10 Å². The lowest BCUT2D eigenvalue weighted by atomic mass is 9.90. The van der Waals surface area contributed by atoms with Crippen LogP contribution in [0.15, 0.2) is 42.5 Å². The van der Waals surface area contributed by atoms with E-state index in [4.69, 9.17) is 9.47 Å². The van der Waals surface area contributed by atoms with E-state index in [-0.39, 0.29) is 5.92 Å². The second kappa shape index (κ2) is 5.78. The summed E-state index contributed by atoms with van der Waals surface area (Å²) >= 11 is 0. The zero-order valence-electron chi connectivity index (χ0n) is 12.4. The maximum absolute atomic E-state index is 10.8. The summed E-state index contributed by atoms with van der Waals surface area (Å²) < 4.78 is 10.6. The van der Waals surface area contributed by atoms with Gasteiger partial charge in [0.1, 0.15) is 11.5 Å². The van der Waals surface area contributed by atoms with Crippen molar-refractivity contribution >= 4 is 0 Å². The number of aliphatic hydroxyl groups is 1. The standard InChI is InChI=1S/C18H20O3/c1-20-13-8-10-16(17(11-13)21-2)18(19)15-9-7-12-5-3-4-6-14(12)15/h3-6,8,10-11,15,18-19H,7,9H2,1-2H3. The van der Waals surface area contributed by atoms with E-state index in [1.54, 1.807) is 14.2 Å². The molecule has 2 atom stereocenters. The molecule has 21 heavy (non-hydrogen) atoms. The first-order valence-corrected chi connectivity index (χ1v) is 7.22. The van der Waals surface area contributed by atoms with E-state index in [0.29, 0.717) is 5.75 Å². The van der Waals surface area contributed by atoms with Crippen LogP contribution in [-0.2, 0) is 6.42 Å². The molecule has 1 aliphatic carbocycles. The van der Waals surface area contributed by atoms with Crippen molar-refractivity contribution in [2.45, 2.75) is 24.9 Å². The van der Waals surface area contributed by atoms with Gasteiger partial charge in [-0.3, -0.25) is 0 Å². The molecule has 2 aromatic rings. The minimum absolute atomic E-state index is 0.128. The fourth-order valence-electron chi connectivity index (χ4n) is 3.20. The van der Waals surface area contributed by atoms with Crippen LogP contribution in [0.5, 0.6) is 11.5 Å². The Morgan fingerprint density at radius 2 is 1.90 bits per heavy atom. The van der Waals surface area contributed by atoms with E-state index in [0.717, 1.165) is 24.2 Å². The van der Waals surface area contributed by atoms with Crippen molar-refractivity contribution < 1.29 is 14.6 Å². The fourth-order valence-corrected chi connectivity index (χ4v) is 3.20. The molecule has 0 radical (unpaired) electrons. The van der Waals surface area contributed by atoms with Crippen LogP contribution < -0.4 is 9.47 Å². The molecule has 3 rings (SSSR count). The summed E-state index contributed by atoms with van der Waals surface area (Å²) in [5.74, 6) is 1.53. The molecule has 0 aliphatic heterocycles. The van der Waals surface area contributed by atoms with Gasteiger partial charge in [0, 0.05) is 17.5 Å². The third kappa shape index (κ3) is 2.49. The average Bonchev–Trinajstić information content (AvgIpc) is 2.97. The van der Waals surface area contributed by atoms with E-state index in [1.807, 2.05) is 24.3 Å². The molecule has 1 aliphatic rings. The normalized spacial score (nSPS) is 18.1. The zero-order chi connectivity index (χ0) is 14.8. The number of methoxy groups -OCH3 is 2.